The zero-order chi connectivity index (χ0) is 35.2. The number of esters is 2. The lowest BCUT2D eigenvalue weighted by molar-refractivity contribution is -0.163. The quantitative estimate of drug-likeness (QED) is 0.171. The SMILES string of the molecule is COC(=O)[C@H](c1ccccc1Cl)N1CCc2sccc2C1.C[C@@H](OC(=O)[C@H](c1ccccc1Cl)N1CCc2sccc2C1)C(=O)N1CCCC1. The van der Waals surface area contributed by atoms with E-state index in [2.05, 4.69) is 32.7 Å². The molecule has 264 valence electrons. The molecule has 0 spiro atoms. The highest BCUT2D eigenvalue weighted by Gasteiger charge is 2.36. The highest BCUT2D eigenvalue weighted by Crippen LogP contribution is 2.36. The maximum absolute atomic E-state index is 13.3. The van der Waals surface area contributed by atoms with E-state index in [-0.39, 0.29) is 11.9 Å². The molecule has 2 aromatic carbocycles. The van der Waals surface area contributed by atoms with Gasteiger partial charge in [0.15, 0.2) is 6.10 Å². The summed E-state index contributed by atoms with van der Waals surface area (Å²) < 4.78 is 10.7. The van der Waals surface area contributed by atoms with E-state index in [1.54, 1.807) is 40.6 Å². The second-order valence-electron chi connectivity index (χ2n) is 12.7. The average molecular weight is 755 g/mol. The first-order valence-electron chi connectivity index (χ1n) is 16.9. The van der Waals surface area contributed by atoms with Gasteiger partial charge in [0.05, 0.1) is 7.11 Å². The Morgan fingerprint density at radius 2 is 1.18 bits per heavy atom. The van der Waals surface area contributed by atoms with Gasteiger partial charge in [-0.25, -0.2) is 9.59 Å². The Labute approximate surface area is 311 Å². The first kappa shape index (κ1) is 36.5. The molecule has 4 aromatic rings. The van der Waals surface area contributed by atoms with Crippen LogP contribution in [0.2, 0.25) is 10.0 Å². The monoisotopic (exact) mass is 753 g/mol. The van der Waals surface area contributed by atoms with E-state index in [0.717, 1.165) is 69.5 Å². The maximum Gasteiger partial charge on any atom is 0.328 e. The summed E-state index contributed by atoms with van der Waals surface area (Å²) in [6.07, 6.45) is 3.07. The van der Waals surface area contributed by atoms with Crippen LogP contribution in [0.25, 0.3) is 0 Å². The molecule has 0 aliphatic carbocycles. The summed E-state index contributed by atoms with van der Waals surface area (Å²) in [5.41, 5.74) is 4.07. The van der Waals surface area contributed by atoms with Crippen molar-refractivity contribution in [2.75, 3.05) is 33.3 Å². The summed E-state index contributed by atoms with van der Waals surface area (Å²) in [7, 11) is 1.42. The van der Waals surface area contributed by atoms with Gasteiger partial charge in [-0.1, -0.05) is 59.6 Å². The molecular formula is C38H41Cl2N3O5S2. The molecule has 8 nitrogen and oxygen atoms in total. The van der Waals surface area contributed by atoms with E-state index >= 15 is 0 Å². The smallest absolute Gasteiger partial charge is 0.328 e. The Morgan fingerprint density at radius 3 is 1.66 bits per heavy atom. The molecule has 5 heterocycles. The van der Waals surface area contributed by atoms with E-state index < -0.39 is 24.2 Å². The fourth-order valence-electron chi connectivity index (χ4n) is 6.92. The Kier molecular flexibility index (Phi) is 12.3. The van der Waals surface area contributed by atoms with E-state index in [4.69, 9.17) is 32.7 Å². The van der Waals surface area contributed by atoms with Crippen molar-refractivity contribution >= 4 is 63.7 Å². The van der Waals surface area contributed by atoms with Gasteiger partial charge in [-0.15, -0.1) is 22.7 Å². The maximum atomic E-state index is 13.3. The van der Waals surface area contributed by atoms with Crippen molar-refractivity contribution < 1.29 is 23.9 Å². The third kappa shape index (κ3) is 8.27. The lowest BCUT2D eigenvalue weighted by Crippen LogP contribution is -2.42. The molecule has 7 rings (SSSR count). The highest BCUT2D eigenvalue weighted by molar-refractivity contribution is 7.10. The average Bonchev–Trinajstić information content (AvgIpc) is 3.92. The molecule has 0 unspecified atom stereocenters. The van der Waals surface area contributed by atoms with Crippen molar-refractivity contribution in [1.29, 1.82) is 0 Å². The molecule has 0 radical (unpaired) electrons. The molecule has 1 saturated heterocycles. The standard InChI is InChI=1S/C22H25ClN2O3S.C16H16ClNO2S/c1-15(21(26)24-10-4-5-11-24)28-22(27)20(17-6-2-3-7-18(17)23)25-12-8-19-16(14-25)9-13-29-19;1-20-16(19)15(12-4-2-3-5-13(12)17)18-8-6-14-11(10-18)7-9-21-14/h2-3,6-7,9,13,15,20H,4-5,8,10-12,14H2,1H3;2-5,7,9,15H,6,8,10H2,1H3/t15-,20+;15-/m10/s1. The lowest BCUT2D eigenvalue weighted by atomic mass is 10.0. The molecule has 3 atom stereocenters. The number of carbonyl (C=O) groups excluding carboxylic acids is 3. The minimum absolute atomic E-state index is 0.118. The van der Waals surface area contributed by atoms with E-state index in [1.807, 2.05) is 42.5 Å². The molecule has 3 aliphatic rings. The topological polar surface area (TPSA) is 79.4 Å². The van der Waals surface area contributed by atoms with Crippen LogP contribution in [0.15, 0.2) is 71.4 Å². The van der Waals surface area contributed by atoms with Crippen LogP contribution in [0.1, 0.15) is 63.9 Å². The number of carbonyl (C=O) groups is 3. The van der Waals surface area contributed by atoms with Crippen LogP contribution in [0, 0.1) is 0 Å². The van der Waals surface area contributed by atoms with Gasteiger partial charge in [-0.3, -0.25) is 14.6 Å². The van der Waals surface area contributed by atoms with Gasteiger partial charge in [0, 0.05) is 59.1 Å². The van der Waals surface area contributed by atoms with Crippen molar-refractivity contribution in [3.63, 3.8) is 0 Å². The number of benzene rings is 2. The highest BCUT2D eigenvalue weighted by atomic mass is 35.5. The number of rotatable bonds is 8. The van der Waals surface area contributed by atoms with Gasteiger partial charge in [-0.2, -0.15) is 0 Å². The predicted molar refractivity (Wildman–Crippen MR) is 199 cm³/mol. The zero-order valence-corrected chi connectivity index (χ0v) is 31.3. The summed E-state index contributed by atoms with van der Waals surface area (Å²) in [5, 5.41) is 5.33. The number of fused-ring (bicyclic) bond motifs is 2. The normalized spacial score (nSPS) is 17.8. The second kappa shape index (κ2) is 16.8. The van der Waals surface area contributed by atoms with Crippen LogP contribution < -0.4 is 0 Å². The number of amides is 1. The Balaban J connectivity index is 0.000000182. The summed E-state index contributed by atoms with van der Waals surface area (Å²) in [5.74, 6) is -0.800. The fraction of sp³-hybridized carbons (Fsp3) is 0.395. The number of methoxy groups -OCH3 is 1. The van der Waals surface area contributed by atoms with Crippen LogP contribution in [0.5, 0.6) is 0 Å². The third-order valence-corrected chi connectivity index (χ3v) is 12.2. The van der Waals surface area contributed by atoms with Crippen LogP contribution in [-0.4, -0.2) is 71.9 Å². The largest absolute Gasteiger partial charge is 0.468 e. The third-order valence-electron chi connectivity index (χ3n) is 9.51. The Hall–Kier alpha value is -3.25. The first-order chi connectivity index (χ1) is 24.2. The second-order valence-corrected chi connectivity index (χ2v) is 15.5. The molecule has 0 saturated carbocycles. The minimum Gasteiger partial charge on any atom is -0.468 e. The van der Waals surface area contributed by atoms with Crippen molar-refractivity contribution in [2.24, 2.45) is 0 Å². The van der Waals surface area contributed by atoms with Gasteiger partial charge in [0.2, 0.25) is 0 Å². The molecule has 3 aliphatic heterocycles. The fourth-order valence-corrected chi connectivity index (χ4v) is 9.17. The van der Waals surface area contributed by atoms with Crippen molar-refractivity contribution in [3.8, 4) is 0 Å². The van der Waals surface area contributed by atoms with E-state index in [0.29, 0.717) is 16.6 Å². The number of likely N-dealkylation sites (tertiary alicyclic amines) is 1. The van der Waals surface area contributed by atoms with E-state index in [1.165, 1.54) is 28.0 Å². The number of hydrogen-bond acceptors (Lipinski definition) is 9. The molecule has 2 aromatic heterocycles. The van der Waals surface area contributed by atoms with Crippen LogP contribution >= 0.6 is 45.9 Å². The van der Waals surface area contributed by atoms with Crippen molar-refractivity contribution in [1.82, 2.24) is 14.7 Å². The molecule has 0 N–H and O–H groups in total. The van der Waals surface area contributed by atoms with Gasteiger partial charge < -0.3 is 14.4 Å². The molecule has 50 heavy (non-hydrogen) atoms. The van der Waals surface area contributed by atoms with Crippen LogP contribution in [0.4, 0.5) is 0 Å². The first-order valence-corrected chi connectivity index (χ1v) is 19.4. The van der Waals surface area contributed by atoms with Crippen LogP contribution in [-0.2, 0) is 49.8 Å². The number of halogens is 2. The molecule has 1 fully saturated rings. The van der Waals surface area contributed by atoms with Gasteiger partial charge in [0.25, 0.3) is 5.91 Å². The number of nitrogens with zero attached hydrogens (tertiary/aromatic N) is 3. The number of ether oxygens (including phenoxy) is 2. The molecule has 0 bridgehead atoms. The lowest BCUT2D eigenvalue weighted by Gasteiger charge is -2.34. The summed E-state index contributed by atoms with van der Waals surface area (Å²) in [4.78, 5) is 47.0. The zero-order valence-electron chi connectivity index (χ0n) is 28.2. The van der Waals surface area contributed by atoms with Crippen molar-refractivity contribution in [2.45, 2.75) is 63.9 Å². The van der Waals surface area contributed by atoms with Gasteiger partial charge in [-0.05, 0) is 89.9 Å². The predicted octanol–water partition coefficient (Wildman–Crippen LogP) is 7.73. The molecule has 12 heteroatoms. The molecule has 1 amide bonds. The molecular weight excluding hydrogens is 713 g/mol. The number of thiophene rings is 2. The Bertz CT molecular complexity index is 1810. The minimum atomic E-state index is -0.799. The summed E-state index contributed by atoms with van der Waals surface area (Å²) >= 11 is 16.3. The van der Waals surface area contributed by atoms with Crippen molar-refractivity contribution in [3.05, 3.63) is 113 Å². The van der Waals surface area contributed by atoms with Gasteiger partial charge >= 0.3 is 11.9 Å². The summed E-state index contributed by atoms with van der Waals surface area (Å²) in [6.45, 7) is 6.13. The van der Waals surface area contributed by atoms with Gasteiger partial charge in [0.1, 0.15) is 12.1 Å². The van der Waals surface area contributed by atoms with Crippen LogP contribution in [0.3, 0.4) is 0 Å². The number of hydrogen-bond donors (Lipinski definition) is 0. The van der Waals surface area contributed by atoms with E-state index in [9.17, 15) is 14.4 Å². The Morgan fingerprint density at radius 1 is 0.700 bits per heavy atom. The summed E-state index contributed by atoms with van der Waals surface area (Å²) in [6, 6.07) is 18.0.